The molecule has 2 heterocycles. The largest absolute Gasteiger partial charge is 0.423 e. The van der Waals surface area contributed by atoms with Crippen LogP contribution in [0, 0.1) is 18.3 Å². The first-order valence-corrected chi connectivity index (χ1v) is 9.06. The van der Waals surface area contributed by atoms with Crippen molar-refractivity contribution in [3.05, 3.63) is 87.4 Å². The zero-order valence-corrected chi connectivity index (χ0v) is 16.0. The van der Waals surface area contributed by atoms with Crippen molar-refractivity contribution in [1.82, 2.24) is 10.2 Å². The van der Waals surface area contributed by atoms with E-state index in [1.807, 2.05) is 6.92 Å². The first kappa shape index (κ1) is 18.6. The topological polar surface area (TPSA) is 114 Å². The van der Waals surface area contributed by atoms with Crippen LogP contribution in [0.3, 0.4) is 0 Å². The number of nitriles is 1. The number of hydrogen-bond donors (Lipinski definition) is 2. The number of nitrogens with two attached hydrogens (primary N) is 1. The van der Waals surface area contributed by atoms with E-state index in [0.29, 0.717) is 33.3 Å². The number of hydrogen-bond acceptors (Lipinski definition) is 6. The van der Waals surface area contributed by atoms with Gasteiger partial charge in [-0.25, -0.2) is 4.79 Å². The van der Waals surface area contributed by atoms with Gasteiger partial charge in [-0.05, 0) is 37.3 Å². The third-order valence-electron chi connectivity index (χ3n) is 4.64. The van der Waals surface area contributed by atoms with Crippen molar-refractivity contribution in [2.45, 2.75) is 12.8 Å². The summed E-state index contributed by atoms with van der Waals surface area (Å²) in [6, 6.07) is 15.5. The molecular formula is C21H15ClN4O3. The van der Waals surface area contributed by atoms with Gasteiger partial charge in [0.2, 0.25) is 11.8 Å². The molecule has 0 saturated carbocycles. The zero-order chi connectivity index (χ0) is 20.5. The standard InChI is InChI=1S/C21H15ClN4O3/c1-11-17-18(15(10-23)19(24)29-20(17)26-25-11)14-4-2-3-5-16(14)28-21(27)12-6-8-13(22)9-7-12/h2-9,18H,24H2,1H3,(H,25,26)/t18-/m0/s1. The van der Waals surface area contributed by atoms with Crippen LogP contribution in [0.4, 0.5) is 0 Å². The highest BCUT2D eigenvalue weighted by Crippen LogP contribution is 2.45. The van der Waals surface area contributed by atoms with Crippen molar-refractivity contribution in [3.8, 4) is 17.7 Å². The van der Waals surface area contributed by atoms with Gasteiger partial charge in [-0.15, -0.1) is 5.10 Å². The second-order valence-corrected chi connectivity index (χ2v) is 6.86. The Balaban J connectivity index is 1.79. The molecule has 1 aliphatic rings. The number of ether oxygens (including phenoxy) is 2. The summed E-state index contributed by atoms with van der Waals surface area (Å²) in [6.45, 7) is 1.82. The molecule has 1 aliphatic heterocycles. The van der Waals surface area contributed by atoms with Gasteiger partial charge >= 0.3 is 5.97 Å². The molecule has 0 saturated heterocycles. The van der Waals surface area contributed by atoms with Gasteiger partial charge in [0.25, 0.3) is 0 Å². The molecule has 4 rings (SSSR count). The molecule has 2 aromatic carbocycles. The number of rotatable bonds is 3. The van der Waals surface area contributed by atoms with Crippen LogP contribution >= 0.6 is 11.6 Å². The molecule has 8 heteroatoms. The van der Waals surface area contributed by atoms with Gasteiger partial charge < -0.3 is 15.2 Å². The summed E-state index contributed by atoms with van der Waals surface area (Å²) in [4.78, 5) is 12.6. The molecule has 3 N–H and O–H groups in total. The maximum absolute atomic E-state index is 12.6. The number of benzene rings is 2. The summed E-state index contributed by atoms with van der Waals surface area (Å²) >= 11 is 5.88. The molecule has 0 bridgehead atoms. The van der Waals surface area contributed by atoms with Crippen LogP contribution in [0.1, 0.15) is 33.1 Å². The number of halogens is 1. The van der Waals surface area contributed by atoms with Crippen molar-refractivity contribution >= 4 is 17.6 Å². The van der Waals surface area contributed by atoms with E-state index in [9.17, 15) is 10.1 Å². The molecule has 7 nitrogen and oxygen atoms in total. The Kier molecular flexibility index (Phi) is 4.71. The van der Waals surface area contributed by atoms with Crippen LogP contribution < -0.4 is 15.2 Å². The molecule has 0 unspecified atom stereocenters. The SMILES string of the molecule is Cc1[nH]nc2c1[C@@H](c1ccccc1OC(=O)c1ccc(Cl)cc1)C(C#N)=C(N)O2. The molecule has 0 aliphatic carbocycles. The maximum atomic E-state index is 12.6. The van der Waals surface area contributed by atoms with E-state index in [4.69, 9.17) is 26.8 Å². The van der Waals surface area contributed by atoms with Gasteiger partial charge in [0.1, 0.15) is 17.4 Å². The van der Waals surface area contributed by atoms with Gasteiger partial charge in [0.15, 0.2) is 0 Å². The lowest BCUT2D eigenvalue weighted by atomic mass is 9.83. The zero-order valence-electron chi connectivity index (χ0n) is 15.3. The number of aromatic nitrogens is 2. The Morgan fingerprint density at radius 1 is 1.28 bits per heavy atom. The highest BCUT2D eigenvalue weighted by Gasteiger charge is 2.36. The number of H-pyrrole nitrogens is 1. The van der Waals surface area contributed by atoms with Gasteiger partial charge in [0.05, 0.1) is 11.5 Å². The number of carbonyl (C=O) groups is 1. The van der Waals surface area contributed by atoms with Gasteiger partial charge in [-0.3, -0.25) is 5.10 Å². The third kappa shape index (κ3) is 3.30. The molecule has 3 aromatic rings. The smallest absolute Gasteiger partial charge is 0.343 e. The third-order valence-corrected chi connectivity index (χ3v) is 4.89. The fourth-order valence-corrected chi connectivity index (χ4v) is 3.39. The summed E-state index contributed by atoms with van der Waals surface area (Å²) in [6.07, 6.45) is 0. The van der Waals surface area contributed by atoms with Gasteiger partial charge in [-0.1, -0.05) is 29.8 Å². The molecule has 0 spiro atoms. The van der Waals surface area contributed by atoms with E-state index >= 15 is 0 Å². The van der Waals surface area contributed by atoms with E-state index in [1.165, 1.54) is 0 Å². The van der Waals surface area contributed by atoms with E-state index in [0.717, 1.165) is 5.69 Å². The molecule has 29 heavy (non-hydrogen) atoms. The minimum atomic E-state index is -0.586. The van der Waals surface area contributed by atoms with Crippen LogP contribution in [-0.2, 0) is 0 Å². The number of aromatic amines is 1. The van der Waals surface area contributed by atoms with Crippen molar-refractivity contribution in [3.63, 3.8) is 0 Å². The number of para-hydroxylation sites is 1. The fraction of sp³-hybridized carbons (Fsp3) is 0.0952. The van der Waals surface area contributed by atoms with Crippen molar-refractivity contribution in [2.75, 3.05) is 0 Å². The number of carbonyl (C=O) groups excluding carboxylic acids is 1. The highest BCUT2D eigenvalue weighted by atomic mass is 35.5. The number of fused-ring (bicyclic) bond motifs is 1. The van der Waals surface area contributed by atoms with Crippen molar-refractivity contribution < 1.29 is 14.3 Å². The van der Waals surface area contributed by atoms with E-state index < -0.39 is 11.9 Å². The lowest BCUT2D eigenvalue weighted by molar-refractivity contribution is 0.0733. The number of aryl methyl sites for hydroxylation is 1. The van der Waals surface area contributed by atoms with E-state index in [2.05, 4.69) is 16.3 Å². The minimum absolute atomic E-state index is 0.0321. The Labute approximate surface area is 171 Å². The monoisotopic (exact) mass is 406 g/mol. The summed E-state index contributed by atoms with van der Waals surface area (Å²) in [5, 5.41) is 17.2. The van der Waals surface area contributed by atoms with Gasteiger partial charge in [-0.2, -0.15) is 5.26 Å². The van der Waals surface area contributed by atoms with Gasteiger partial charge in [0, 0.05) is 21.8 Å². The number of nitrogens with zero attached hydrogens (tertiary/aromatic N) is 2. The Morgan fingerprint density at radius 3 is 2.72 bits per heavy atom. The molecule has 1 atom stereocenters. The number of esters is 1. The Hall–Kier alpha value is -3.76. The number of allylic oxidation sites excluding steroid dienone is 1. The van der Waals surface area contributed by atoms with E-state index in [-0.39, 0.29) is 11.5 Å². The van der Waals surface area contributed by atoms with Crippen LogP contribution in [0.5, 0.6) is 11.6 Å². The fourth-order valence-electron chi connectivity index (χ4n) is 3.27. The summed E-state index contributed by atoms with van der Waals surface area (Å²) in [7, 11) is 0. The first-order chi connectivity index (χ1) is 14.0. The quantitative estimate of drug-likeness (QED) is 0.505. The predicted molar refractivity (Wildman–Crippen MR) is 105 cm³/mol. The maximum Gasteiger partial charge on any atom is 0.343 e. The van der Waals surface area contributed by atoms with Crippen molar-refractivity contribution in [2.24, 2.45) is 5.73 Å². The van der Waals surface area contributed by atoms with Crippen LogP contribution in [0.2, 0.25) is 5.02 Å². The highest BCUT2D eigenvalue weighted by molar-refractivity contribution is 6.30. The first-order valence-electron chi connectivity index (χ1n) is 8.68. The van der Waals surface area contributed by atoms with Crippen LogP contribution in [0.15, 0.2) is 60.0 Å². The Morgan fingerprint density at radius 2 is 2.00 bits per heavy atom. The normalized spacial score (nSPS) is 15.3. The molecular weight excluding hydrogens is 392 g/mol. The second-order valence-electron chi connectivity index (χ2n) is 6.43. The average Bonchev–Trinajstić information content (AvgIpc) is 3.08. The Bertz CT molecular complexity index is 1180. The average molecular weight is 407 g/mol. The molecule has 0 amide bonds. The second kappa shape index (κ2) is 7.34. The number of nitrogens with one attached hydrogen (secondary N) is 1. The summed E-state index contributed by atoms with van der Waals surface area (Å²) in [5.74, 6) is -0.554. The minimum Gasteiger partial charge on any atom is -0.423 e. The summed E-state index contributed by atoms with van der Waals surface area (Å²) in [5.41, 5.74) is 8.53. The summed E-state index contributed by atoms with van der Waals surface area (Å²) < 4.78 is 11.1. The van der Waals surface area contributed by atoms with E-state index in [1.54, 1.807) is 48.5 Å². The lowest BCUT2D eigenvalue weighted by Crippen LogP contribution is -2.22. The molecule has 0 fully saturated rings. The van der Waals surface area contributed by atoms with Crippen LogP contribution in [-0.4, -0.2) is 16.2 Å². The predicted octanol–water partition coefficient (Wildman–Crippen LogP) is 3.81. The molecule has 1 aromatic heterocycles. The molecule has 0 radical (unpaired) electrons. The van der Waals surface area contributed by atoms with Crippen LogP contribution in [0.25, 0.3) is 0 Å². The molecule has 144 valence electrons. The van der Waals surface area contributed by atoms with Crippen molar-refractivity contribution in [1.29, 1.82) is 5.26 Å². The lowest BCUT2D eigenvalue weighted by Gasteiger charge is -2.25.